The summed E-state index contributed by atoms with van der Waals surface area (Å²) >= 11 is 0. The summed E-state index contributed by atoms with van der Waals surface area (Å²) in [5, 5.41) is 1.52. The molecule has 7 rings (SSSR count). The van der Waals surface area contributed by atoms with Crippen LogP contribution >= 0.6 is 0 Å². The summed E-state index contributed by atoms with van der Waals surface area (Å²) in [5.74, 6) is 1.37. The zero-order chi connectivity index (χ0) is 21.6. The van der Waals surface area contributed by atoms with Crippen LogP contribution in [0.25, 0.3) is 0 Å². The summed E-state index contributed by atoms with van der Waals surface area (Å²) < 4.78 is 0. The molecule has 0 radical (unpaired) electrons. The number of fused-ring (bicyclic) bond motifs is 10. The molecule has 4 fully saturated rings. The van der Waals surface area contributed by atoms with E-state index in [0.717, 1.165) is 24.0 Å². The fourth-order valence-electron chi connectivity index (χ4n) is 7.34. The molecule has 1 aromatic rings. The van der Waals surface area contributed by atoms with E-state index in [9.17, 15) is 14.4 Å². The molecule has 6 nitrogen and oxygen atoms in total. The number of amides is 3. The first-order valence-corrected chi connectivity index (χ1v) is 11.8. The number of allylic oxidation sites excluding steroid dienone is 4. The normalized spacial score (nSPS) is 40.7. The van der Waals surface area contributed by atoms with Crippen LogP contribution in [0.1, 0.15) is 24.0 Å². The van der Waals surface area contributed by atoms with Crippen molar-refractivity contribution in [1.29, 1.82) is 0 Å². The molecule has 2 aliphatic heterocycles. The van der Waals surface area contributed by atoms with Crippen molar-refractivity contribution in [2.45, 2.75) is 25.9 Å². The molecule has 6 heteroatoms. The Labute approximate surface area is 186 Å². The van der Waals surface area contributed by atoms with Crippen LogP contribution in [-0.4, -0.2) is 34.3 Å². The molecule has 6 aliphatic rings. The van der Waals surface area contributed by atoms with Gasteiger partial charge >= 0.3 is 0 Å². The summed E-state index contributed by atoms with van der Waals surface area (Å²) in [6.45, 7) is 1.28. The lowest BCUT2D eigenvalue weighted by Gasteiger charge is -2.37. The molecule has 4 aliphatic carbocycles. The van der Waals surface area contributed by atoms with Crippen molar-refractivity contribution >= 4 is 17.7 Å². The van der Waals surface area contributed by atoms with Crippen LogP contribution in [-0.2, 0) is 32.3 Å². The zero-order valence-corrected chi connectivity index (χ0v) is 17.8. The summed E-state index contributed by atoms with van der Waals surface area (Å²) in [6.07, 6.45) is 10.7. The average molecular weight is 431 g/mol. The van der Waals surface area contributed by atoms with E-state index in [1.807, 2.05) is 24.3 Å². The molecule has 2 saturated carbocycles. The smallest absolute Gasteiger partial charge is 0.250 e. The highest BCUT2D eigenvalue weighted by molar-refractivity contribution is 6.06. The fraction of sp³-hybridized carbons (Fsp3) is 0.500. The Morgan fingerprint density at radius 2 is 1.34 bits per heavy atom. The molecule has 1 aromatic carbocycles. The number of nitrogens with zero attached hydrogens (tertiary/aromatic N) is 2. The minimum absolute atomic E-state index is 0.0211. The van der Waals surface area contributed by atoms with Crippen molar-refractivity contribution in [3.8, 4) is 0 Å². The molecule has 8 unspecified atom stereocenters. The van der Waals surface area contributed by atoms with E-state index in [-0.39, 0.29) is 47.3 Å². The topological polar surface area (TPSA) is 66.9 Å². The molecule has 164 valence electrons. The lowest BCUT2D eigenvalue weighted by atomic mass is 9.82. The first kappa shape index (κ1) is 18.8. The zero-order valence-electron chi connectivity index (χ0n) is 17.8. The van der Waals surface area contributed by atoms with Gasteiger partial charge in [-0.05, 0) is 47.6 Å². The van der Waals surface area contributed by atoms with Gasteiger partial charge in [0, 0.05) is 5.92 Å². The van der Waals surface area contributed by atoms with Crippen LogP contribution in [0.15, 0.2) is 48.6 Å². The van der Waals surface area contributed by atoms with Crippen LogP contribution < -0.4 is 0 Å². The lowest BCUT2D eigenvalue weighted by Crippen LogP contribution is -2.47. The average Bonchev–Trinajstić information content (AvgIpc) is 3.61. The summed E-state index contributed by atoms with van der Waals surface area (Å²) in [4.78, 5) is 46.4. The van der Waals surface area contributed by atoms with Crippen molar-refractivity contribution in [1.82, 2.24) is 9.96 Å². The van der Waals surface area contributed by atoms with Gasteiger partial charge in [-0.3, -0.25) is 24.1 Å². The maximum absolute atomic E-state index is 13.1. The highest BCUT2D eigenvalue weighted by atomic mass is 16.7. The fourth-order valence-corrected chi connectivity index (χ4v) is 7.34. The summed E-state index contributed by atoms with van der Waals surface area (Å²) in [6, 6.07) is 7.84. The van der Waals surface area contributed by atoms with Crippen molar-refractivity contribution in [3.63, 3.8) is 0 Å². The van der Waals surface area contributed by atoms with E-state index in [0.29, 0.717) is 37.5 Å². The Morgan fingerprint density at radius 3 is 2.06 bits per heavy atom. The molecular formula is C26H26N2O4. The van der Waals surface area contributed by atoms with Crippen molar-refractivity contribution in [2.75, 3.05) is 6.61 Å². The van der Waals surface area contributed by atoms with Gasteiger partial charge in [0.1, 0.15) is 0 Å². The molecule has 2 heterocycles. The van der Waals surface area contributed by atoms with Gasteiger partial charge in [0.05, 0.1) is 37.5 Å². The van der Waals surface area contributed by atoms with Gasteiger partial charge in [0.2, 0.25) is 11.8 Å². The molecule has 3 amide bonds. The maximum atomic E-state index is 13.1. The van der Waals surface area contributed by atoms with E-state index >= 15 is 0 Å². The van der Waals surface area contributed by atoms with Crippen LogP contribution in [0.3, 0.4) is 0 Å². The lowest BCUT2D eigenvalue weighted by molar-refractivity contribution is -0.221. The molecule has 2 saturated heterocycles. The van der Waals surface area contributed by atoms with Gasteiger partial charge in [-0.2, -0.15) is 0 Å². The number of imide groups is 1. The second-order valence-corrected chi connectivity index (χ2v) is 10.4. The second-order valence-electron chi connectivity index (χ2n) is 10.4. The molecule has 8 atom stereocenters. The number of rotatable bonds is 4. The third-order valence-electron chi connectivity index (χ3n) is 8.80. The van der Waals surface area contributed by atoms with Gasteiger partial charge in [-0.25, -0.2) is 5.06 Å². The monoisotopic (exact) mass is 430 g/mol. The minimum atomic E-state index is -0.163. The van der Waals surface area contributed by atoms with Gasteiger partial charge in [-0.1, -0.05) is 48.6 Å². The van der Waals surface area contributed by atoms with E-state index in [2.05, 4.69) is 24.3 Å². The number of hydrogen-bond donors (Lipinski definition) is 0. The number of hydroxylamine groups is 2. The molecule has 32 heavy (non-hydrogen) atoms. The Kier molecular flexibility index (Phi) is 3.90. The SMILES string of the molecule is O=C1C2C3C=CC(C3)C2CON1Cc1cccc(CN2C(=O)C3C4C=CC(C4)C3C2=O)c1. The predicted octanol–water partition coefficient (Wildman–Crippen LogP) is 2.71. The summed E-state index contributed by atoms with van der Waals surface area (Å²) in [7, 11) is 0. The van der Waals surface area contributed by atoms with Gasteiger partial charge in [-0.15, -0.1) is 0 Å². The van der Waals surface area contributed by atoms with E-state index < -0.39 is 0 Å². The summed E-state index contributed by atoms with van der Waals surface area (Å²) in [5.41, 5.74) is 1.86. The van der Waals surface area contributed by atoms with E-state index in [4.69, 9.17) is 4.84 Å². The number of carbonyl (C=O) groups excluding carboxylic acids is 3. The maximum Gasteiger partial charge on any atom is 0.250 e. The number of likely N-dealkylation sites (tertiary alicyclic amines) is 1. The third kappa shape index (κ3) is 2.53. The van der Waals surface area contributed by atoms with E-state index in [1.54, 1.807) is 0 Å². The Bertz CT molecular complexity index is 1060. The minimum Gasteiger partial charge on any atom is -0.278 e. The van der Waals surface area contributed by atoms with Crippen LogP contribution in [0.2, 0.25) is 0 Å². The van der Waals surface area contributed by atoms with E-state index in [1.165, 1.54) is 9.96 Å². The molecule has 4 bridgehead atoms. The highest BCUT2D eigenvalue weighted by Gasteiger charge is 2.59. The Hall–Kier alpha value is -2.73. The molecular weight excluding hydrogens is 404 g/mol. The van der Waals surface area contributed by atoms with Crippen LogP contribution in [0.4, 0.5) is 0 Å². The highest BCUT2D eigenvalue weighted by Crippen LogP contribution is 2.53. The van der Waals surface area contributed by atoms with Gasteiger partial charge in [0.25, 0.3) is 5.91 Å². The van der Waals surface area contributed by atoms with Crippen LogP contribution in [0, 0.1) is 47.3 Å². The number of carbonyl (C=O) groups is 3. The van der Waals surface area contributed by atoms with Gasteiger partial charge < -0.3 is 0 Å². The predicted molar refractivity (Wildman–Crippen MR) is 114 cm³/mol. The number of benzene rings is 1. The number of hydrogen-bond acceptors (Lipinski definition) is 4. The first-order chi connectivity index (χ1) is 15.6. The van der Waals surface area contributed by atoms with Crippen molar-refractivity contribution < 1.29 is 19.2 Å². The standard InChI is InChI=1S/C26H26N2O4/c29-24-22-18-6-7-19(10-18)23(22)25(30)27(24)11-14-2-1-3-15(8-14)12-28-26(31)21-17-5-4-16(9-17)20(21)13-32-28/h1-8,16-23H,9-13H2. The quantitative estimate of drug-likeness (QED) is 0.544. The Morgan fingerprint density at radius 1 is 0.750 bits per heavy atom. The van der Waals surface area contributed by atoms with Crippen molar-refractivity contribution in [3.05, 3.63) is 59.7 Å². The second kappa shape index (κ2) is 6.64. The molecule has 0 N–H and O–H groups in total. The third-order valence-corrected chi connectivity index (χ3v) is 8.80. The molecule has 0 aromatic heterocycles. The largest absolute Gasteiger partial charge is 0.278 e. The molecule has 0 spiro atoms. The van der Waals surface area contributed by atoms with Gasteiger partial charge in [0.15, 0.2) is 0 Å². The first-order valence-electron chi connectivity index (χ1n) is 11.8. The van der Waals surface area contributed by atoms with Crippen LogP contribution in [0.5, 0.6) is 0 Å². The van der Waals surface area contributed by atoms with Crippen molar-refractivity contribution in [2.24, 2.45) is 47.3 Å². The Balaban J connectivity index is 1.06.